The number of aliphatic hydroxyl groups is 1. The monoisotopic (exact) mass is 416 g/mol. The van der Waals surface area contributed by atoms with Crippen molar-refractivity contribution in [3.05, 3.63) is 96.1 Å². The van der Waals surface area contributed by atoms with Crippen molar-refractivity contribution in [3.8, 4) is 23.0 Å². The number of hydrogen-bond acceptors (Lipinski definition) is 5. The second-order valence-corrected chi connectivity index (χ2v) is 6.85. The SMILES string of the molecule is COc1cc(/C=C/C(=O)CC(O)/C=C/c2ccc(Oc3ccccc3)cc2)ccc1O. The van der Waals surface area contributed by atoms with Gasteiger partial charge < -0.3 is 19.7 Å². The minimum Gasteiger partial charge on any atom is -0.504 e. The van der Waals surface area contributed by atoms with Crippen LogP contribution in [-0.4, -0.2) is 29.2 Å². The van der Waals surface area contributed by atoms with E-state index in [1.165, 1.54) is 19.3 Å². The van der Waals surface area contributed by atoms with E-state index in [1.807, 2.05) is 54.6 Å². The molecule has 0 aliphatic rings. The Bertz CT molecular complexity index is 1050. The van der Waals surface area contributed by atoms with Gasteiger partial charge in [-0.05, 0) is 53.6 Å². The normalized spacial score (nSPS) is 12.2. The molecule has 5 nitrogen and oxygen atoms in total. The standard InChI is InChI=1S/C26H24O5/c1-30-26-17-20(11-16-25(26)29)8-13-22(28)18-21(27)12-7-19-9-14-24(15-10-19)31-23-5-3-2-4-6-23/h2-17,21,27,29H,18H2,1H3/b12-7+,13-8+. The zero-order valence-electron chi connectivity index (χ0n) is 17.1. The van der Waals surface area contributed by atoms with Gasteiger partial charge in [-0.1, -0.05) is 54.6 Å². The molecule has 0 saturated heterocycles. The smallest absolute Gasteiger partial charge is 0.161 e. The van der Waals surface area contributed by atoms with Gasteiger partial charge in [0.05, 0.1) is 13.2 Å². The first-order valence-corrected chi connectivity index (χ1v) is 9.80. The molecule has 5 heteroatoms. The summed E-state index contributed by atoms with van der Waals surface area (Å²) in [6.07, 6.45) is 5.44. The first-order chi connectivity index (χ1) is 15.0. The number of ketones is 1. The number of phenols is 1. The Morgan fingerprint density at radius 2 is 1.61 bits per heavy atom. The second-order valence-electron chi connectivity index (χ2n) is 6.85. The summed E-state index contributed by atoms with van der Waals surface area (Å²) in [7, 11) is 1.46. The molecule has 0 heterocycles. The van der Waals surface area contributed by atoms with Gasteiger partial charge in [-0.2, -0.15) is 0 Å². The summed E-state index contributed by atoms with van der Waals surface area (Å²) < 4.78 is 10.8. The highest BCUT2D eigenvalue weighted by Gasteiger charge is 2.06. The number of aromatic hydroxyl groups is 1. The maximum Gasteiger partial charge on any atom is 0.161 e. The average molecular weight is 416 g/mol. The van der Waals surface area contributed by atoms with Crippen LogP contribution >= 0.6 is 0 Å². The number of phenolic OH excluding ortho intramolecular Hbond substituents is 1. The highest BCUT2D eigenvalue weighted by molar-refractivity contribution is 5.94. The highest BCUT2D eigenvalue weighted by Crippen LogP contribution is 2.26. The molecule has 0 aliphatic carbocycles. The van der Waals surface area contributed by atoms with E-state index in [9.17, 15) is 15.0 Å². The third-order valence-corrected chi connectivity index (χ3v) is 4.45. The van der Waals surface area contributed by atoms with Gasteiger partial charge in [-0.25, -0.2) is 0 Å². The van der Waals surface area contributed by atoms with Gasteiger partial charge >= 0.3 is 0 Å². The molecule has 0 aromatic heterocycles. The molecule has 1 atom stereocenters. The number of aliphatic hydroxyl groups excluding tert-OH is 1. The molecule has 0 aliphatic heterocycles. The summed E-state index contributed by atoms with van der Waals surface area (Å²) >= 11 is 0. The Morgan fingerprint density at radius 1 is 0.935 bits per heavy atom. The molecule has 1 unspecified atom stereocenters. The molecule has 0 bridgehead atoms. The lowest BCUT2D eigenvalue weighted by atomic mass is 10.1. The van der Waals surface area contributed by atoms with Crippen molar-refractivity contribution in [1.29, 1.82) is 0 Å². The van der Waals surface area contributed by atoms with Crippen molar-refractivity contribution in [1.82, 2.24) is 0 Å². The predicted octanol–water partition coefficient (Wildman–Crippen LogP) is 5.24. The number of para-hydroxylation sites is 1. The van der Waals surface area contributed by atoms with Gasteiger partial charge in [-0.15, -0.1) is 0 Å². The lowest BCUT2D eigenvalue weighted by Crippen LogP contribution is -2.08. The molecule has 0 saturated carbocycles. The summed E-state index contributed by atoms with van der Waals surface area (Å²) in [5, 5.41) is 19.7. The summed E-state index contributed by atoms with van der Waals surface area (Å²) in [6, 6.07) is 21.7. The minimum absolute atomic E-state index is 0.0303. The van der Waals surface area contributed by atoms with Crippen LogP contribution in [0.15, 0.2) is 84.9 Å². The van der Waals surface area contributed by atoms with Crippen molar-refractivity contribution < 1.29 is 24.5 Å². The lowest BCUT2D eigenvalue weighted by molar-refractivity contribution is -0.115. The van der Waals surface area contributed by atoms with Gasteiger partial charge in [0.15, 0.2) is 17.3 Å². The summed E-state index contributed by atoms with van der Waals surface area (Å²) in [6.45, 7) is 0. The van der Waals surface area contributed by atoms with Crippen LogP contribution in [0.2, 0.25) is 0 Å². The average Bonchev–Trinajstić information content (AvgIpc) is 2.79. The number of hydrogen-bond donors (Lipinski definition) is 2. The molecule has 158 valence electrons. The zero-order valence-corrected chi connectivity index (χ0v) is 17.1. The van der Waals surface area contributed by atoms with Crippen LogP contribution in [0.3, 0.4) is 0 Å². The van der Waals surface area contributed by atoms with E-state index in [4.69, 9.17) is 9.47 Å². The highest BCUT2D eigenvalue weighted by atomic mass is 16.5. The Hall–Kier alpha value is -3.83. The van der Waals surface area contributed by atoms with Crippen LogP contribution in [0.25, 0.3) is 12.2 Å². The molecule has 0 fully saturated rings. The van der Waals surface area contributed by atoms with Crippen molar-refractivity contribution in [2.75, 3.05) is 7.11 Å². The van der Waals surface area contributed by atoms with E-state index >= 15 is 0 Å². The summed E-state index contributed by atoms with van der Waals surface area (Å²) in [4.78, 5) is 12.1. The number of carbonyl (C=O) groups excluding carboxylic acids is 1. The van der Waals surface area contributed by atoms with Gasteiger partial charge in [0, 0.05) is 6.42 Å². The first kappa shape index (κ1) is 21.9. The summed E-state index contributed by atoms with van der Waals surface area (Å²) in [5.41, 5.74) is 1.60. The van der Waals surface area contributed by atoms with E-state index < -0.39 is 6.10 Å². The molecule has 2 N–H and O–H groups in total. The van der Waals surface area contributed by atoms with Crippen molar-refractivity contribution in [2.24, 2.45) is 0 Å². The van der Waals surface area contributed by atoms with E-state index in [-0.39, 0.29) is 18.0 Å². The van der Waals surface area contributed by atoms with Crippen LogP contribution in [0.4, 0.5) is 0 Å². The lowest BCUT2D eigenvalue weighted by Gasteiger charge is -2.06. The number of ether oxygens (including phenoxy) is 2. The number of benzene rings is 3. The minimum atomic E-state index is -0.897. The number of rotatable bonds is 9. The van der Waals surface area contributed by atoms with E-state index in [0.29, 0.717) is 11.3 Å². The van der Waals surface area contributed by atoms with Gasteiger partial charge in [0.1, 0.15) is 11.5 Å². The topological polar surface area (TPSA) is 76.0 Å². The first-order valence-electron chi connectivity index (χ1n) is 9.80. The number of methoxy groups -OCH3 is 1. The molecule has 0 amide bonds. The van der Waals surface area contributed by atoms with Crippen LogP contribution in [0, 0.1) is 0 Å². The molecule has 3 rings (SSSR count). The maximum absolute atomic E-state index is 12.1. The van der Waals surface area contributed by atoms with E-state index in [2.05, 4.69) is 0 Å². The molecule has 3 aromatic carbocycles. The zero-order chi connectivity index (χ0) is 22.1. The van der Waals surface area contributed by atoms with Crippen LogP contribution in [0.5, 0.6) is 23.0 Å². The van der Waals surface area contributed by atoms with Crippen molar-refractivity contribution >= 4 is 17.9 Å². The summed E-state index contributed by atoms with van der Waals surface area (Å²) in [5.74, 6) is 1.63. The Balaban J connectivity index is 1.51. The Labute approximate surface area is 181 Å². The second kappa shape index (κ2) is 10.8. The van der Waals surface area contributed by atoms with E-state index in [1.54, 1.807) is 30.4 Å². The predicted molar refractivity (Wildman–Crippen MR) is 121 cm³/mol. The number of allylic oxidation sites excluding steroid dienone is 1. The van der Waals surface area contributed by atoms with Crippen LogP contribution < -0.4 is 9.47 Å². The van der Waals surface area contributed by atoms with Crippen LogP contribution in [0.1, 0.15) is 17.5 Å². The maximum atomic E-state index is 12.1. The fourth-order valence-corrected chi connectivity index (χ4v) is 2.82. The molecule has 0 spiro atoms. The largest absolute Gasteiger partial charge is 0.504 e. The van der Waals surface area contributed by atoms with E-state index in [0.717, 1.165) is 17.1 Å². The molecular weight excluding hydrogens is 392 g/mol. The van der Waals surface area contributed by atoms with Crippen LogP contribution in [-0.2, 0) is 4.79 Å². The fourth-order valence-electron chi connectivity index (χ4n) is 2.82. The molecular formula is C26H24O5. The van der Waals surface area contributed by atoms with Gasteiger partial charge in [0.25, 0.3) is 0 Å². The third-order valence-electron chi connectivity index (χ3n) is 4.45. The third kappa shape index (κ3) is 6.87. The Morgan fingerprint density at radius 3 is 2.32 bits per heavy atom. The quantitative estimate of drug-likeness (QED) is 0.467. The van der Waals surface area contributed by atoms with Gasteiger partial charge in [0.2, 0.25) is 0 Å². The number of carbonyl (C=O) groups is 1. The Kier molecular flexibility index (Phi) is 7.62. The molecule has 3 aromatic rings. The van der Waals surface area contributed by atoms with Crippen molar-refractivity contribution in [3.63, 3.8) is 0 Å². The molecule has 0 radical (unpaired) electrons. The van der Waals surface area contributed by atoms with Crippen molar-refractivity contribution in [2.45, 2.75) is 12.5 Å². The fraction of sp³-hybridized carbons (Fsp3) is 0.115. The molecule has 31 heavy (non-hydrogen) atoms. The van der Waals surface area contributed by atoms with Gasteiger partial charge in [-0.3, -0.25) is 4.79 Å².